The number of nitrogens with one attached hydrogen (secondary N) is 3. The maximum absolute atomic E-state index is 12.6. The summed E-state index contributed by atoms with van der Waals surface area (Å²) in [7, 11) is 0. The monoisotopic (exact) mass is 343 g/mol. The molecule has 0 aromatic heterocycles. The van der Waals surface area contributed by atoms with E-state index in [2.05, 4.69) is 16.0 Å². The van der Waals surface area contributed by atoms with E-state index in [-0.39, 0.29) is 18.1 Å². The molecule has 1 aromatic carbocycles. The minimum atomic E-state index is -1.26. The first-order valence-electron chi connectivity index (χ1n) is 8.87. The molecule has 0 bridgehead atoms. The fourth-order valence-electron chi connectivity index (χ4n) is 3.75. The summed E-state index contributed by atoms with van der Waals surface area (Å²) in [5.41, 5.74) is 1.16. The summed E-state index contributed by atoms with van der Waals surface area (Å²) in [6.07, 6.45) is 1.66. The van der Waals surface area contributed by atoms with E-state index in [9.17, 15) is 14.4 Å². The van der Waals surface area contributed by atoms with E-state index in [1.54, 1.807) is 6.07 Å². The van der Waals surface area contributed by atoms with Crippen LogP contribution in [0.15, 0.2) is 24.3 Å². The second kappa shape index (κ2) is 6.96. The van der Waals surface area contributed by atoms with Gasteiger partial charge in [-0.2, -0.15) is 0 Å². The first-order chi connectivity index (χ1) is 11.9. The highest BCUT2D eigenvalue weighted by Crippen LogP contribution is 2.30. The third-order valence-electron chi connectivity index (χ3n) is 5.15. The molecule has 2 heterocycles. The molecule has 1 spiro atoms. The molecule has 6 heteroatoms. The van der Waals surface area contributed by atoms with E-state index < -0.39 is 23.3 Å². The summed E-state index contributed by atoms with van der Waals surface area (Å²) >= 11 is 0. The van der Waals surface area contributed by atoms with Crippen molar-refractivity contribution in [2.75, 3.05) is 18.4 Å². The third-order valence-corrected chi connectivity index (χ3v) is 5.15. The Morgan fingerprint density at radius 2 is 1.88 bits per heavy atom. The lowest BCUT2D eigenvalue weighted by molar-refractivity contribution is -0.145. The molecule has 134 valence electrons. The molecule has 1 unspecified atom stereocenters. The van der Waals surface area contributed by atoms with Gasteiger partial charge in [-0.05, 0) is 43.5 Å². The molecule has 2 amide bonds. The number of piperidine rings is 2. The number of benzene rings is 1. The average Bonchev–Trinajstić information content (AvgIpc) is 2.55. The molecule has 3 rings (SSSR count). The minimum absolute atomic E-state index is 0.227. The van der Waals surface area contributed by atoms with Gasteiger partial charge in [0.05, 0.1) is 0 Å². The van der Waals surface area contributed by atoms with E-state index in [4.69, 9.17) is 0 Å². The molecule has 6 nitrogen and oxygen atoms in total. The predicted octanol–water partition coefficient (Wildman–Crippen LogP) is 1.58. The molecular weight excluding hydrogens is 318 g/mol. The molecule has 2 saturated heterocycles. The van der Waals surface area contributed by atoms with Gasteiger partial charge in [0.25, 0.3) is 0 Å². The number of ketones is 1. The van der Waals surface area contributed by atoms with Gasteiger partial charge in [-0.25, -0.2) is 0 Å². The Hall–Kier alpha value is -2.21. The lowest BCUT2D eigenvalue weighted by Crippen LogP contribution is -2.63. The van der Waals surface area contributed by atoms with Crippen LogP contribution in [0, 0.1) is 5.92 Å². The van der Waals surface area contributed by atoms with Crippen LogP contribution in [0.25, 0.3) is 0 Å². The van der Waals surface area contributed by atoms with Gasteiger partial charge in [0.15, 0.2) is 11.7 Å². The number of carbonyl (C=O) groups excluding carboxylic acids is 3. The number of carbonyl (C=O) groups is 3. The normalized spacial score (nSPS) is 22.8. The van der Waals surface area contributed by atoms with Gasteiger partial charge in [-0.1, -0.05) is 32.0 Å². The molecule has 3 N–H and O–H groups in total. The second-order valence-corrected chi connectivity index (χ2v) is 7.33. The van der Waals surface area contributed by atoms with Crippen molar-refractivity contribution in [1.29, 1.82) is 0 Å². The number of amides is 2. The summed E-state index contributed by atoms with van der Waals surface area (Å²) in [4.78, 5) is 37.7. The maximum atomic E-state index is 12.6. The van der Waals surface area contributed by atoms with E-state index in [1.807, 2.05) is 32.0 Å². The van der Waals surface area contributed by atoms with Crippen LogP contribution in [0.4, 0.5) is 5.69 Å². The molecular formula is C19H25N3O3. The van der Waals surface area contributed by atoms with Crippen molar-refractivity contribution in [3.63, 3.8) is 0 Å². The van der Waals surface area contributed by atoms with Crippen molar-refractivity contribution in [1.82, 2.24) is 10.6 Å². The molecule has 2 fully saturated rings. The van der Waals surface area contributed by atoms with Gasteiger partial charge in [0.1, 0.15) is 0 Å². The Balaban J connectivity index is 1.75. The quantitative estimate of drug-likeness (QED) is 0.727. The Kier molecular flexibility index (Phi) is 4.90. The number of rotatable bonds is 3. The predicted molar refractivity (Wildman–Crippen MR) is 95.3 cm³/mol. The van der Waals surface area contributed by atoms with Crippen molar-refractivity contribution in [2.45, 2.75) is 44.6 Å². The highest BCUT2D eigenvalue weighted by molar-refractivity contribution is 6.23. The van der Waals surface area contributed by atoms with E-state index in [0.717, 1.165) is 31.5 Å². The third kappa shape index (κ3) is 3.58. The smallest absolute Gasteiger partial charge is 0.244 e. The molecule has 1 atom stereocenters. The maximum Gasteiger partial charge on any atom is 0.244 e. The second-order valence-electron chi connectivity index (χ2n) is 7.33. The summed E-state index contributed by atoms with van der Waals surface area (Å²) in [6, 6.07) is 7.47. The van der Waals surface area contributed by atoms with Crippen LogP contribution in [0.2, 0.25) is 0 Å². The van der Waals surface area contributed by atoms with Gasteiger partial charge in [0.2, 0.25) is 11.8 Å². The van der Waals surface area contributed by atoms with Crippen LogP contribution in [0.5, 0.6) is 0 Å². The molecule has 0 saturated carbocycles. The zero-order chi connectivity index (χ0) is 18.0. The first-order valence-corrected chi connectivity index (χ1v) is 8.87. The van der Waals surface area contributed by atoms with Gasteiger partial charge in [-0.3, -0.25) is 14.4 Å². The van der Waals surface area contributed by atoms with Crippen LogP contribution in [-0.2, 0) is 14.4 Å². The summed E-state index contributed by atoms with van der Waals surface area (Å²) < 4.78 is 0. The van der Waals surface area contributed by atoms with Gasteiger partial charge in [-0.15, -0.1) is 0 Å². The number of para-hydroxylation sites is 1. The van der Waals surface area contributed by atoms with Crippen LogP contribution in [-0.4, -0.2) is 36.2 Å². The number of hydrogen-bond donors (Lipinski definition) is 3. The van der Waals surface area contributed by atoms with Crippen LogP contribution < -0.4 is 16.0 Å². The van der Waals surface area contributed by atoms with Crippen molar-refractivity contribution in [3.8, 4) is 0 Å². The van der Waals surface area contributed by atoms with Crippen LogP contribution in [0.3, 0.4) is 0 Å². The Labute approximate surface area is 147 Å². The highest BCUT2D eigenvalue weighted by atomic mass is 16.2. The van der Waals surface area contributed by atoms with Gasteiger partial charge in [0, 0.05) is 17.6 Å². The summed E-state index contributed by atoms with van der Waals surface area (Å²) in [5.74, 6) is -2.34. The Morgan fingerprint density at radius 3 is 2.52 bits per heavy atom. The fourth-order valence-corrected chi connectivity index (χ4v) is 3.75. The van der Waals surface area contributed by atoms with Crippen molar-refractivity contribution < 1.29 is 14.4 Å². The Bertz CT molecular complexity index is 673. The zero-order valence-electron chi connectivity index (χ0n) is 14.7. The molecule has 0 aliphatic carbocycles. The molecule has 2 aliphatic rings. The standard InChI is InChI=1S/C19H25N3O3/c1-12(2)13-5-3-4-6-14(13)21-17(24)16-15(23)11-19(22-18(16)25)7-9-20-10-8-19/h3-6,12,16,20H,7-11H2,1-2H3,(H,21,24)(H,22,25). The SMILES string of the molecule is CC(C)c1ccccc1NC(=O)C1C(=O)CC2(CCNCC2)NC1=O. The van der Waals surface area contributed by atoms with Gasteiger partial charge >= 0.3 is 0 Å². The summed E-state index contributed by atoms with van der Waals surface area (Å²) in [5, 5.41) is 8.96. The van der Waals surface area contributed by atoms with E-state index in [0.29, 0.717) is 5.69 Å². The average molecular weight is 343 g/mol. The lowest BCUT2D eigenvalue weighted by atomic mass is 9.77. The molecule has 2 aliphatic heterocycles. The van der Waals surface area contributed by atoms with Crippen LogP contribution in [0.1, 0.15) is 44.6 Å². The summed E-state index contributed by atoms with van der Waals surface area (Å²) in [6.45, 7) is 5.60. The van der Waals surface area contributed by atoms with Crippen molar-refractivity contribution in [2.24, 2.45) is 5.92 Å². The number of Topliss-reactive ketones (excluding diaryl/α,β-unsaturated/α-hetero) is 1. The lowest BCUT2D eigenvalue weighted by Gasteiger charge is -2.42. The van der Waals surface area contributed by atoms with Crippen molar-refractivity contribution in [3.05, 3.63) is 29.8 Å². The minimum Gasteiger partial charge on any atom is -0.349 e. The number of hydrogen-bond acceptors (Lipinski definition) is 4. The number of anilines is 1. The van der Waals surface area contributed by atoms with E-state index >= 15 is 0 Å². The van der Waals surface area contributed by atoms with Crippen molar-refractivity contribution >= 4 is 23.3 Å². The first kappa shape index (κ1) is 17.6. The van der Waals surface area contributed by atoms with Crippen LogP contribution >= 0.6 is 0 Å². The molecule has 25 heavy (non-hydrogen) atoms. The molecule has 1 aromatic rings. The highest BCUT2D eigenvalue weighted by Gasteiger charge is 2.47. The van der Waals surface area contributed by atoms with Gasteiger partial charge < -0.3 is 16.0 Å². The van der Waals surface area contributed by atoms with E-state index in [1.165, 1.54) is 0 Å². The zero-order valence-corrected chi connectivity index (χ0v) is 14.7. The molecule has 0 radical (unpaired) electrons. The topological polar surface area (TPSA) is 87.3 Å². The largest absolute Gasteiger partial charge is 0.349 e. The fraction of sp³-hybridized carbons (Fsp3) is 0.526. The Morgan fingerprint density at radius 1 is 1.20 bits per heavy atom.